The Morgan fingerprint density at radius 3 is 2.74 bits per heavy atom. The van der Waals surface area contributed by atoms with Crippen molar-refractivity contribution in [2.24, 2.45) is 0 Å². The van der Waals surface area contributed by atoms with E-state index in [0.29, 0.717) is 17.1 Å². The molecule has 0 saturated heterocycles. The smallest absolute Gasteiger partial charge is 0.251 e. The van der Waals surface area contributed by atoms with Gasteiger partial charge in [0.1, 0.15) is 5.76 Å². The van der Waals surface area contributed by atoms with Crippen LogP contribution in [0.15, 0.2) is 27.1 Å². The molecule has 2 rings (SSSR count). The molecule has 0 aliphatic heterocycles. The molecule has 100 valence electrons. The van der Waals surface area contributed by atoms with Crippen molar-refractivity contribution in [3.63, 3.8) is 0 Å². The number of hydrogen-bond donors (Lipinski definition) is 2. The maximum atomic E-state index is 12.0. The van der Waals surface area contributed by atoms with Crippen LogP contribution in [0.25, 0.3) is 0 Å². The number of aromatic nitrogens is 1. The van der Waals surface area contributed by atoms with Crippen LogP contribution in [0.1, 0.15) is 27.7 Å². The van der Waals surface area contributed by atoms with Crippen LogP contribution in [0.4, 0.5) is 5.69 Å². The maximum Gasteiger partial charge on any atom is 0.251 e. The second-order valence-corrected chi connectivity index (χ2v) is 5.12. The van der Waals surface area contributed by atoms with E-state index in [1.807, 2.05) is 13.8 Å². The van der Waals surface area contributed by atoms with Crippen molar-refractivity contribution in [1.82, 2.24) is 10.3 Å². The van der Waals surface area contributed by atoms with Crippen molar-refractivity contribution in [1.29, 1.82) is 0 Å². The summed E-state index contributed by atoms with van der Waals surface area (Å²) in [4.78, 5) is 16.2. The van der Waals surface area contributed by atoms with E-state index in [-0.39, 0.29) is 12.5 Å². The fourth-order valence-corrected chi connectivity index (χ4v) is 2.13. The highest BCUT2D eigenvalue weighted by Gasteiger charge is 2.10. The molecule has 19 heavy (non-hydrogen) atoms. The number of rotatable bonds is 3. The number of hydrogen-bond acceptors (Lipinski definition) is 4. The zero-order valence-electron chi connectivity index (χ0n) is 10.7. The molecule has 0 radical (unpaired) electrons. The van der Waals surface area contributed by atoms with Gasteiger partial charge in [0.2, 0.25) is 5.89 Å². The van der Waals surface area contributed by atoms with Crippen molar-refractivity contribution in [3.8, 4) is 0 Å². The number of oxazole rings is 1. The van der Waals surface area contributed by atoms with Crippen molar-refractivity contribution >= 4 is 27.5 Å². The van der Waals surface area contributed by atoms with E-state index in [9.17, 15) is 4.79 Å². The molecule has 0 bridgehead atoms. The van der Waals surface area contributed by atoms with Crippen LogP contribution in [0.3, 0.4) is 0 Å². The number of aryl methyl sites for hydroxylation is 2. The number of amides is 1. The van der Waals surface area contributed by atoms with Gasteiger partial charge >= 0.3 is 0 Å². The molecule has 6 heteroatoms. The lowest BCUT2D eigenvalue weighted by Crippen LogP contribution is -2.23. The molecular formula is C13H14BrN3O2. The van der Waals surface area contributed by atoms with Gasteiger partial charge < -0.3 is 15.5 Å². The quantitative estimate of drug-likeness (QED) is 0.850. The van der Waals surface area contributed by atoms with Crippen LogP contribution in [-0.2, 0) is 6.54 Å². The Kier molecular flexibility index (Phi) is 3.90. The standard InChI is InChI=1S/C13H14BrN3O2/c1-7-8(2)19-12(17-7)6-16-13(18)9-3-10(14)5-11(15)4-9/h3-5H,6,15H2,1-2H3,(H,16,18). The minimum atomic E-state index is -0.221. The van der Waals surface area contributed by atoms with Crippen LogP contribution in [-0.4, -0.2) is 10.9 Å². The fraction of sp³-hybridized carbons (Fsp3) is 0.231. The number of halogens is 1. The van der Waals surface area contributed by atoms with Crippen molar-refractivity contribution in [2.75, 3.05) is 5.73 Å². The topological polar surface area (TPSA) is 81.2 Å². The van der Waals surface area contributed by atoms with E-state index < -0.39 is 0 Å². The van der Waals surface area contributed by atoms with Gasteiger partial charge in [-0.1, -0.05) is 15.9 Å². The first-order valence-corrected chi connectivity index (χ1v) is 6.52. The number of benzene rings is 1. The van der Waals surface area contributed by atoms with Crippen molar-refractivity contribution < 1.29 is 9.21 Å². The zero-order valence-corrected chi connectivity index (χ0v) is 12.2. The summed E-state index contributed by atoms with van der Waals surface area (Å²) in [5.41, 5.74) is 7.54. The molecule has 0 fully saturated rings. The number of nitrogens with zero attached hydrogens (tertiary/aromatic N) is 1. The molecule has 1 heterocycles. The highest BCUT2D eigenvalue weighted by molar-refractivity contribution is 9.10. The summed E-state index contributed by atoms with van der Waals surface area (Å²) in [6, 6.07) is 5.06. The van der Waals surface area contributed by atoms with E-state index >= 15 is 0 Å². The molecule has 0 aliphatic carbocycles. The minimum absolute atomic E-state index is 0.221. The normalized spacial score (nSPS) is 10.5. The molecule has 0 spiro atoms. The largest absolute Gasteiger partial charge is 0.444 e. The fourth-order valence-electron chi connectivity index (χ4n) is 1.62. The van der Waals surface area contributed by atoms with E-state index in [4.69, 9.17) is 10.2 Å². The van der Waals surface area contributed by atoms with Gasteiger partial charge in [-0.2, -0.15) is 0 Å². The van der Waals surface area contributed by atoms with Crippen molar-refractivity contribution in [3.05, 3.63) is 45.6 Å². The second-order valence-electron chi connectivity index (χ2n) is 4.21. The molecule has 1 amide bonds. The summed E-state index contributed by atoms with van der Waals surface area (Å²) >= 11 is 3.30. The third kappa shape index (κ3) is 3.35. The third-order valence-electron chi connectivity index (χ3n) is 2.66. The first kappa shape index (κ1) is 13.6. The van der Waals surface area contributed by atoms with Crippen LogP contribution in [0.5, 0.6) is 0 Å². The van der Waals surface area contributed by atoms with Gasteiger partial charge in [0.05, 0.1) is 12.2 Å². The van der Waals surface area contributed by atoms with Gasteiger partial charge in [0.25, 0.3) is 5.91 Å². The van der Waals surface area contributed by atoms with Crippen molar-refractivity contribution in [2.45, 2.75) is 20.4 Å². The lowest BCUT2D eigenvalue weighted by Gasteiger charge is -2.04. The monoisotopic (exact) mass is 323 g/mol. The Bertz CT molecular complexity index is 583. The number of nitrogens with two attached hydrogens (primary N) is 1. The molecule has 0 atom stereocenters. The predicted molar refractivity (Wildman–Crippen MR) is 75.7 cm³/mol. The molecule has 1 aromatic heterocycles. The summed E-state index contributed by atoms with van der Waals surface area (Å²) in [5.74, 6) is 1.03. The second kappa shape index (κ2) is 5.44. The van der Waals surface area contributed by atoms with Gasteiger partial charge in [-0.15, -0.1) is 0 Å². The average molecular weight is 324 g/mol. The Morgan fingerprint density at radius 2 is 2.16 bits per heavy atom. The van der Waals surface area contributed by atoms with Crippen LogP contribution >= 0.6 is 15.9 Å². The first-order chi connectivity index (χ1) is 8.95. The number of nitrogens with one attached hydrogen (secondary N) is 1. The first-order valence-electron chi connectivity index (χ1n) is 5.73. The van der Waals surface area contributed by atoms with E-state index in [0.717, 1.165) is 15.9 Å². The average Bonchev–Trinajstić information content (AvgIpc) is 2.64. The Labute approximate surface area is 119 Å². The highest BCUT2D eigenvalue weighted by Crippen LogP contribution is 2.17. The summed E-state index contributed by atoms with van der Waals surface area (Å²) in [6.45, 7) is 3.95. The lowest BCUT2D eigenvalue weighted by molar-refractivity contribution is 0.0947. The van der Waals surface area contributed by atoms with Crippen LogP contribution < -0.4 is 11.1 Å². The van der Waals surface area contributed by atoms with Gasteiger partial charge in [-0.05, 0) is 32.0 Å². The van der Waals surface area contributed by atoms with E-state index in [2.05, 4.69) is 26.2 Å². The molecule has 1 aromatic carbocycles. The number of carbonyl (C=O) groups excluding carboxylic acids is 1. The maximum absolute atomic E-state index is 12.0. The van der Waals surface area contributed by atoms with Gasteiger partial charge in [-0.3, -0.25) is 4.79 Å². The summed E-state index contributed by atoms with van der Waals surface area (Å²) in [6.07, 6.45) is 0. The van der Waals surface area contributed by atoms with Gasteiger partial charge in [0.15, 0.2) is 0 Å². The van der Waals surface area contributed by atoms with E-state index in [1.54, 1.807) is 18.2 Å². The molecule has 0 unspecified atom stereocenters. The lowest BCUT2D eigenvalue weighted by atomic mass is 10.2. The zero-order chi connectivity index (χ0) is 14.0. The molecular weight excluding hydrogens is 310 g/mol. The molecule has 3 N–H and O–H groups in total. The predicted octanol–water partition coefficient (Wildman–Crippen LogP) is 2.57. The SMILES string of the molecule is Cc1nc(CNC(=O)c2cc(N)cc(Br)c2)oc1C. The van der Waals surface area contributed by atoms with Crippen LogP contribution in [0, 0.1) is 13.8 Å². The number of carbonyl (C=O) groups is 1. The minimum Gasteiger partial charge on any atom is -0.444 e. The molecule has 5 nitrogen and oxygen atoms in total. The van der Waals surface area contributed by atoms with Gasteiger partial charge in [-0.25, -0.2) is 4.98 Å². The third-order valence-corrected chi connectivity index (χ3v) is 3.11. The molecule has 0 aliphatic rings. The van der Waals surface area contributed by atoms with E-state index in [1.165, 1.54) is 0 Å². The Hall–Kier alpha value is -1.82. The van der Waals surface area contributed by atoms with Gasteiger partial charge in [0, 0.05) is 15.7 Å². The Morgan fingerprint density at radius 1 is 1.42 bits per heavy atom. The summed E-state index contributed by atoms with van der Waals surface area (Å²) in [7, 11) is 0. The number of nitrogen functional groups attached to an aromatic ring is 1. The van der Waals surface area contributed by atoms with Crippen LogP contribution in [0.2, 0.25) is 0 Å². The highest BCUT2D eigenvalue weighted by atomic mass is 79.9. The Balaban J connectivity index is 2.05. The molecule has 2 aromatic rings. The summed E-state index contributed by atoms with van der Waals surface area (Å²) < 4.78 is 6.15. The molecule has 0 saturated carbocycles. The number of anilines is 1. The summed E-state index contributed by atoms with van der Waals surface area (Å²) in [5, 5.41) is 2.74.